The van der Waals surface area contributed by atoms with Crippen molar-refractivity contribution in [2.75, 3.05) is 18.5 Å². The summed E-state index contributed by atoms with van der Waals surface area (Å²) in [5.41, 5.74) is 0. The van der Waals surface area contributed by atoms with Crippen molar-refractivity contribution < 1.29 is 18.3 Å². The number of hydrogen-bond acceptors (Lipinski definition) is 3. The Kier molecular flexibility index (Phi) is 20.1. The minimum atomic E-state index is -4.17. The van der Waals surface area contributed by atoms with Crippen LogP contribution in [0.1, 0.15) is 136 Å². The van der Waals surface area contributed by atoms with Crippen molar-refractivity contribution in [3.05, 3.63) is 30.3 Å². The van der Waals surface area contributed by atoms with Crippen molar-refractivity contribution in [2.45, 2.75) is 136 Å². The van der Waals surface area contributed by atoms with Gasteiger partial charge in [-0.15, -0.1) is 0 Å². The molecule has 0 amide bonds. The van der Waals surface area contributed by atoms with Crippen LogP contribution in [0.4, 0.5) is 0 Å². The molecule has 1 N–H and O–H groups in total. The van der Waals surface area contributed by atoms with Crippen LogP contribution in [0.15, 0.2) is 30.3 Å². The number of rotatable bonds is 25. The Balaban J connectivity index is 2.88. The van der Waals surface area contributed by atoms with E-state index in [1.807, 2.05) is 18.2 Å². The minimum absolute atomic E-state index is 0.407. The fourth-order valence-corrected chi connectivity index (χ4v) is 12.1. The maximum atomic E-state index is 13.3. The quantitative estimate of drug-likeness (QED) is 0.0982. The van der Waals surface area contributed by atoms with E-state index in [0.717, 1.165) is 37.7 Å². The SMILES string of the molecule is CCCCCCCC[PH](CCCCCCCC)(CCCCCCCC)OP(=O)(O)Oc1ccccc1. The molecule has 212 valence electrons. The molecule has 0 aliphatic rings. The van der Waals surface area contributed by atoms with Gasteiger partial charge in [-0.2, -0.15) is 0 Å². The van der Waals surface area contributed by atoms with E-state index < -0.39 is 15.3 Å². The molecule has 36 heavy (non-hydrogen) atoms. The summed E-state index contributed by atoms with van der Waals surface area (Å²) < 4.78 is 25.2. The molecule has 0 fully saturated rings. The predicted molar refractivity (Wildman–Crippen MR) is 161 cm³/mol. The Bertz CT molecular complexity index is 627. The normalized spacial score (nSPS) is 14.0. The molecule has 0 saturated carbocycles. The van der Waals surface area contributed by atoms with Gasteiger partial charge < -0.3 is 0 Å². The summed E-state index contributed by atoms with van der Waals surface area (Å²) >= 11 is 0. The second-order valence-corrected chi connectivity index (χ2v) is 16.4. The van der Waals surface area contributed by atoms with Crippen molar-refractivity contribution in [1.29, 1.82) is 0 Å². The van der Waals surface area contributed by atoms with Crippen LogP contribution in [0, 0.1) is 0 Å². The van der Waals surface area contributed by atoms with Gasteiger partial charge in [-0.05, 0) is 0 Å². The number of unbranched alkanes of at least 4 members (excludes halogenated alkanes) is 15. The van der Waals surface area contributed by atoms with Gasteiger partial charge in [-0.1, -0.05) is 0 Å². The number of phosphoric ester groups is 1. The van der Waals surface area contributed by atoms with Crippen LogP contribution in [-0.2, 0) is 8.88 Å². The number of para-hydroxylation sites is 1. The predicted octanol–water partition coefficient (Wildman–Crippen LogP) is 10.9. The van der Waals surface area contributed by atoms with Crippen molar-refractivity contribution in [1.82, 2.24) is 0 Å². The molecule has 1 rings (SSSR count). The van der Waals surface area contributed by atoms with Gasteiger partial charge in [0, 0.05) is 0 Å². The van der Waals surface area contributed by atoms with E-state index in [4.69, 9.17) is 8.83 Å². The fraction of sp³-hybridized carbons (Fsp3) is 0.800. The molecule has 1 aromatic carbocycles. The molecule has 6 heteroatoms. The number of phosphoric acid groups is 1. The first kappa shape index (κ1) is 33.6. The zero-order valence-electron chi connectivity index (χ0n) is 23.9. The fourth-order valence-electron chi connectivity index (χ4n) is 5.07. The topological polar surface area (TPSA) is 55.8 Å². The van der Waals surface area contributed by atoms with Gasteiger partial charge in [-0.3, -0.25) is 0 Å². The van der Waals surface area contributed by atoms with Gasteiger partial charge in [0.25, 0.3) is 0 Å². The summed E-state index contributed by atoms with van der Waals surface area (Å²) in [6, 6.07) is 8.98. The van der Waals surface area contributed by atoms with E-state index in [1.54, 1.807) is 12.1 Å². The Labute approximate surface area is 224 Å². The molecular weight excluding hydrogens is 486 g/mol. The van der Waals surface area contributed by atoms with Crippen molar-refractivity contribution in [3.8, 4) is 5.75 Å². The Morgan fingerprint density at radius 2 is 0.972 bits per heavy atom. The van der Waals surface area contributed by atoms with Crippen LogP contribution >= 0.6 is 15.3 Å². The first-order valence-corrected chi connectivity index (χ1v) is 19.3. The molecule has 0 heterocycles. The maximum absolute atomic E-state index is 13.3. The number of hydrogen-bond donors (Lipinski definition) is 1. The molecule has 0 aliphatic heterocycles. The summed E-state index contributed by atoms with van der Waals surface area (Å²) in [7, 11) is -6.60. The van der Waals surface area contributed by atoms with Gasteiger partial charge in [0.05, 0.1) is 0 Å². The van der Waals surface area contributed by atoms with E-state index in [9.17, 15) is 9.46 Å². The van der Waals surface area contributed by atoms with E-state index in [-0.39, 0.29) is 0 Å². The Morgan fingerprint density at radius 1 is 0.611 bits per heavy atom. The van der Waals surface area contributed by atoms with Gasteiger partial charge in [0.1, 0.15) is 0 Å². The number of benzene rings is 1. The van der Waals surface area contributed by atoms with Crippen LogP contribution in [0.2, 0.25) is 0 Å². The van der Waals surface area contributed by atoms with Crippen molar-refractivity contribution in [2.24, 2.45) is 0 Å². The molecule has 0 saturated heterocycles. The van der Waals surface area contributed by atoms with Crippen LogP contribution in [0.3, 0.4) is 0 Å². The average molecular weight is 545 g/mol. The second-order valence-electron chi connectivity index (χ2n) is 10.7. The summed E-state index contributed by atoms with van der Waals surface area (Å²) in [5, 5.41) is 0. The molecule has 4 nitrogen and oxygen atoms in total. The zero-order chi connectivity index (χ0) is 26.4. The van der Waals surface area contributed by atoms with Crippen LogP contribution < -0.4 is 4.52 Å². The van der Waals surface area contributed by atoms with Crippen LogP contribution in [-0.4, -0.2) is 23.4 Å². The summed E-state index contributed by atoms with van der Waals surface area (Å²) in [4.78, 5) is 10.9. The van der Waals surface area contributed by atoms with E-state index in [1.165, 1.54) is 96.3 Å². The third kappa shape index (κ3) is 17.2. The molecule has 1 aromatic rings. The van der Waals surface area contributed by atoms with Crippen molar-refractivity contribution >= 4 is 15.3 Å². The van der Waals surface area contributed by atoms with E-state index in [0.29, 0.717) is 5.75 Å². The third-order valence-corrected chi connectivity index (χ3v) is 13.9. The summed E-state index contributed by atoms with van der Waals surface area (Å²) in [6.45, 7) is 6.75. The third-order valence-electron chi connectivity index (χ3n) is 7.23. The Hall–Kier alpha value is -0.400. The molecule has 1 atom stereocenters. The summed E-state index contributed by atoms with van der Waals surface area (Å²) in [6.07, 6.45) is 25.1. The molecule has 0 bridgehead atoms. The van der Waals surface area contributed by atoms with E-state index in [2.05, 4.69) is 20.8 Å². The molecule has 0 aromatic heterocycles. The van der Waals surface area contributed by atoms with E-state index >= 15 is 0 Å². The van der Waals surface area contributed by atoms with Crippen LogP contribution in [0.25, 0.3) is 0 Å². The van der Waals surface area contributed by atoms with Gasteiger partial charge in [0.2, 0.25) is 0 Å². The van der Waals surface area contributed by atoms with Crippen molar-refractivity contribution in [3.63, 3.8) is 0 Å². The molecule has 0 aliphatic carbocycles. The molecule has 0 radical (unpaired) electrons. The monoisotopic (exact) mass is 544 g/mol. The summed E-state index contributed by atoms with van der Waals surface area (Å²) in [5.74, 6) is 0.407. The average Bonchev–Trinajstić information content (AvgIpc) is 2.85. The second kappa shape index (κ2) is 21.5. The Morgan fingerprint density at radius 3 is 1.36 bits per heavy atom. The molecule has 1 unspecified atom stereocenters. The van der Waals surface area contributed by atoms with Gasteiger partial charge in [0.15, 0.2) is 0 Å². The van der Waals surface area contributed by atoms with Gasteiger partial charge >= 0.3 is 225 Å². The standard InChI is InChI=1S/C30H58O4P2/c1-4-7-10-13-16-22-27-35(28-23-17-14-11-8-5-2,29-24-18-15-12-9-6-3)34-36(31,32)33-30-25-20-19-21-26-30/h19-21,25-26,35H,4-18,22-24,27-29H2,1-3H3,(H,31,32). The first-order chi connectivity index (χ1) is 17.5. The zero-order valence-corrected chi connectivity index (χ0v) is 25.7. The van der Waals surface area contributed by atoms with Gasteiger partial charge in [-0.25, -0.2) is 0 Å². The first-order valence-electron chi connectivity index (χ1n) is 15.2. The molecular formula is C30H58O4P2. The van der Waals surface area contributed by atoms with Crippen LogP contribution in [0.5, 0.6) is 5.75 Å². The molecule has 0 spiro atoms.